The summed E-state index contributed by atoms with van der Waals surface area (Å²) in [5.74, 6) is -2.57. The van der Waals surface area contributed by atoms with Gasteiger partial charge in [0.25, 0.3) is 0 Å². The third-order valence-corrected chi connectivity index (χ3v) is 2.71. The first-order valence-electron chi connectivity index (χ1n) is 4.28. The normalized spacial score (nSPS) is 35.0. The molecule has 4 heteroatoms. The fraction of sp³-hybridized carbons (Fsp3) is 1.00. The summed E-state index contributed by atoms with van der Waals surface area (Å²) in [6.07, 6.45) is 1.73. The van der Waals surface area contributed by atoms with E-state index in [0.29, 0.717) is 6.42 Å². The highest BCUT2D eigenvalue weighted by Gasteiger charge is 2.42. The van der Waals surface area contributed by atoms with E-state index in [1.165, 1.54) is 0 Å². The van der Waals surface area contributed by atoms with Crippen molar-refractivity contribution in [1.82, 2.24) is 0 Å². The van der Waals surface area contributed by atoms with Gasteiger partial charge in [0.15, 0.2) is 5.79 Å². The lowest BCUT2D eigenvalue weighted by Gasteiger charge is -2.39. The van der Waals surface area contributed by atoms with Gasteiger partial charge in [-0.05, 0) is 18.8 Å². The van der Waals surface area contributed by atoms with Gasteiger partial charge < -0.3 is 20.4 Å². The van der Waals surface area contributed by atoms with Crippen LogP contribution in [-0.2, 0) is 0 Å². The van der Waals surface area contributed by atoms with Crippen LogP contribution in [-0.4, -0.2) is 39.4 Å². The lowest BCUT2D eigenvalue weighted by Crippen LogP contribution is -2.47. The van der Waals surface area contributed by atoms with Crippen molar-refractivity contribution in [1.29, 1.82) is 0 Å². The van der Waals surface area contributed by atoms with Crippen molar-refractivity contribution in [2.24, 2.45) is 11.8 Å². The zero-order valence-corrected chi connectivity index (χ0v) is 6.98. The quantitative estimate of drug-likeness (QED) is 0.410. The molecule has 0 spiro atoms. The van der Waals surface area contributed by atoms with Crippen molar-refractivity contribution < 1.29 is 20.4 Å². The summed E-state index contributed by atoms with van der Waals surface area (Å²) < 4.78 is 0. The molecular weight excluding hydrogens is 160 g/mol. The van der Waals surface area contributed by atoms with Gasteiger partial charge in [-0.25, -0.2) is 0 Å². The zero-order chi connectivity index (χ0) is 9.19. The molecule has 0 heterocycles. The third kappa shape index (κ3) is 1.77. The summed E-state index contributed by atoms with van der Waals surface area (Å²) in [6.45, 7) is -0.369. The topological polar surface area (TPSA) is 80.9 Å². The molecule has 0 bridgehead atoms. The number of rotatable bonds is 2. The van der Waals surface area contributed by atoms with Gasteiger partial charge in [0, 0.05) is 18.9 Å². The van der Waals surface area contributed by atoms with E-state index in [1.807, 2.05) is 0 Å². The maximum absolute atomic E-state index is 9.42. The maximum Gasteiger partial charge on any atom is 0.167 e. The van der Waals surface area contributed by atoms with E-state index in [1.54, 1.807) is 0 Å². The lowest BCUT2D eigenvalue weighted by molar-refractivity contribution is -0.240. The van der Waals surface area contributed by atoms with Gasteiger partial charge in [-0.15, -0.1) is 0 Å². The minimum Gasteiger partial charge on any atom is -0.396 e. The number of hydrogen-bond acceptors (Lipinski definition) is 4. The van der Waals surface area contributed by atoms with Gasteiger partial charge in [0.05, 0.1) is 6.61 Å². The van der Waals surface area contributed by atoms with E-state index >= 15 is 0 Å². The van der Waals surface area contributed by atoms with Crippen LogP contribution in [0, 0.1) is 11.8 Å². The second kappa shape index (κ2) is 3.70. The van der Waals surface area contributed by atoms with Crippen molar-refractivity contribution >= 4 is 0 Å². The molecule has 2 unspecified atom stereocenters. The van der Waals surface area contributed by atoms with Crippen molar-refractivity contribution in [3.8, 4) is 0 Å². The van der Waals surface area contributed by atoms with Crippen LogP contribution in [0.2, 0.25) is 0 Å². The van der Waals surface area contributed by atoms with Gasteiger partial charge in [-0.3, -0.25) is 0 Å². The Balaban J connectivity index is 2.66. The number of aliphatic hydroxyl groups is 4. The first-order chi connectivity index (χ1) is 5.61. The summed E-state index contributed by atoms with van der Waals surface area (Å²) >= 11 is 0. The van der Waals surface area contributed by atoms with Crippen LogP contribution in [0.15, 0.2) is 0 Å². The largest absolute Gasteiger partial charge is 0.396 e. The number of aliphatic hydroxyl groups excluding tert-OH is 2. The molecule has 0 aromatic rings. The van der Waals surface area contributed by atoms with E-state index in [9.17, 15) is 10.2 Å². The molecule has 0 aromatic heterocycles. The molecule has 1 saturated carbocycles. The molecule has 0 radical (unpaired) electrons. The standard InChI is InChI=1S/C8H16O4/c9-4-6-2-1-3-8(11,12)7(6)5-10/h6-7,9-12H,1-5H2. The molecule has 0 aliphatic heterocycles. The van der Waals surface area contributed by atoms with E-state index < -0.39 is 11.7 Å². The molecule has 0 aromatic carbocycles. The van der Waals surface area contributed by atoms with E-state index in [-0.39, 0.29) is 25.6 Å². The van der Waals surface area contributed by atoms with Crippen LogP contribution in [0.25, 0.3) is 0 Å². The molecule has 0 saturated heterocycles. The Morgan fingerprint density at radius 2 is 1.83 bits per heavy atom. The summed E-state index contributed by atoms with van der Waals surface area (Å²) in [6, 6.07) is 0. The summed E-state index contributed by atoms with van der Waals surface area (Å²) in [4.78, 5) is 0. The average molecular weight is 176 g/mol. The molecule has 12 heavy (non-hydrogen) atoms. The molecule has 4 nitrogen and oxygen atoms in total. The summed E-state index contributed by atoms with van der Waals surface area (Å²) in [5, 5.41) is 36.6. The summed E-state index contributed by atoms with van der Waals surface area (Å²) in [7, 11) is 0. The highest BCUT2D eigenvalue weighted by molar-refractivity contribution is 4.86. The van der Waals surface area contributed by atoms with E-state index in [2.05, 4.69) is 0 Å². The predicted octanol–water partition coefficient (Wildman–Crippen LogP) is -0.932. The Labute approximate surface area is 71.5 Å². The Hall–Kier alpha value is -0.160. The van der Waals surface area contributed by atoms with Crippen LogP contribution < -0.4 is 0 Å². The van der Waals surface area contributed by atoms with Crippen LogP contribution >= 0.6 is 0 Å². The van der Waals surface area contributed by atoms with Gasteiger partial charge in [-0.2, -0.15) is 0 Å². The smallest absolute Gasteiger partial charge is 0.167 e. The van der Waals surface area contributed by atoms with Gasteiger partial charge >= 0.3 is 0 Å². The number of hydrogen-bond donors (Lipinski definition) is 4. The van der Waals surface area contributed by atoms with Gasteiger partial charge in [0.2, 0.25) is 0 Å². The van der Waals surface area contributed by atoms with Crippen LogP contribution in [0.5, 0.6) is 0 Å². The highest BCUT2D eigenvalue weighted by atomic mass is 16.5. The monoisotopic (exact) mass is 176 g/mol. The Kier molecular flexibility index (Phi) is 3.06. The lowest BCUT2D eigenvalue weighted by atomic mass is 9.76. The molecular formula is C8H16O4. The molecule has 72 valence electrons. The average Bonchev–Trinajstić information content (AvgIpc) is 2.02. The van der Waals surface area contributed by atoms with Gasteiger partial charge in [-0.1, -0.05) is 0 Å². The third-order valence-electron chi connectivity index (χ3n) is 2.71. The molecule has 1 fully saturated rings. The minimum absolute atomic E-state index is 0.0892. The summed E-state index contributed by atoms with van der Waals surface area (Å²) in [5.41, 5.74) is 0. The SMILES string of the molecule is OCC1CCCC(O)(O)C1CO. The molecule has 1 rings (SSSR count). The second-order valence-corrected chi connectivity index (χ2v) is 3.50. The van der Waals surface area contributed by atoms with Crippen molar-refractivity contribution in [2.75, 3.05) is 13.2 Å². The highest BCUT2D eigenvalue weighted by Crippen LogP contribution is 2.35. The minimum atomic E-state index is -1.79. The molecule has 4 N–H and O–H groups in total. The van der Waals surface area contributed by atoms with Crippen LogP contribution in [0.1, 0.15) is 19.3 Å². The van der Waals surface area contributed by atoms with Crippen LogP contribution in [0.3, 0.4) is 0 Å². The first-order valence-corrected chi connectivity index (χ1v) is 4.28. The predicted molar refractivity (Wildman–Crippen MR) is 42.2 cm³/mol. The van der Waals surface area contributed by atoms with Crippen molar-refractivity contribution in [3.63, 3.8) is 0 Å². The van der Waals surface area contributed by atoms with E-state index in [0.717, 1.165) is 6.42 Å². The van der Waals surface area contributed by atoms with E-state index in [4.69, 9.17) is 10.2 Å². The fourth-order valence-electron chi connectivity index (χ4n) is 1.90. The van der Waals surface area contributed by atoms with Crippen molar-refractivity contribution in [2.45, 2.75) is 25.0 Å². The van der Waals surface area contributed by atoms with Crippen molar-refractivity contribution in [3.05, 3.63) is 0 Å². The Morgan fingerprint density at radius 1 is 1.17 bits per heavy atom. The fourth-order valence-corrected chi connectivity index (χ4v) is 1.90. The van der Waals surface area contributed by atoms with Crippen LogP contribution in [0.4, 0.5) is 0 Å². The molecule has 1 aliphatic carbocycles. The zero-order valence-electron chi connectivity index (χ0n) is 6.98. The van der Waals surface area contributed by atoms with Gasteiger partial charge in [0.1, 0.15) is 0 Å². The Bertz CT molecular complexity index is 146. The maximum atomic E-state index is 9.42. The molecule has 1 aliphatic rings. The molecule has 2 atom stereocenters. The second-order valence-electron chi connectivity index (χ2n) is 3.50. The Morgan fingerprint density at radius 3 is 2.25 bits per heavy atom. The molecule has 0 amide bonds. The first kappa shape index (κ1) is 9.92.